The van der Waals surface area contributed by atoms with Gasteiger partial charge in [0.05, 0.1) is 4.90 Å². The fourth-order valence-corrected chi connectivity index (χ4v) is 6.21. The maximum absolute atomic E-state index is 12.7. The Balaban J connectivity index is 2.10. The van der Waals surface area contributed by atoms with E-state index in [1.807, 2.05) is 12.1 Å². The zero-order chi connectivity index (χ0) is 15.3. The van der Waals surface area contributed by atoms with Crippen LogP contribution in [0.4, 0.5) is 0 Å². The molecule has 3 nitrogen and oxygen atoms in total. The quantitative estimate of drug-likeness (QED) is 0.865. The minimum absolute atomic E-state index is 0.293. The first kappa shape index (κ1) is 15.0. The average molecular weight is 307 g/mol. The summed E-state index contributed by atoms with van der Waals surface area (Å²) in [7, 11) is -3.39. The first-order chi connectivity index (χ1) is 9.84. The Morgan fingerprint density at radius 2 is 1.95 bits per heavy atom. The van der Waals surface area contributed by atoms with Crippen LogP contribution in [0.3, 0.4) is 0 Å². The van der Waals surface area contributed by atoms with Gasteiger partial charge in [0.1, 0.15) is 0 Å². The molecular formula is C17H25NO2S. The third-order valence-electron chi connectivity index (χ3n) is 5.30. The van der Waals surface area contributed by atoms with Gasteiger partial charge in [0.2, 0.25) is 10.0 Å². The molecule has 1 aromatic carbocycles. The highest BCUT2D eigenvalue weighted by Gasteiger charge is 2.49. The van der Waals surface area contributed by atoms with Gasteiger partial charge in [-0.2, -0.15) is 0 Å². The lowest BCUT2D eigenvalue weighted by Crippen LogP contribution is -2.61. The van der Waals surface area contributed by atoms with Crippen LogP contribution in [0.5, 0.6) is 0 Å². The maximum Gasteiger partial charge on any atom is 0.241 e. The van der Waals surface area contributed by atoms with Crippen LogP contribution in [0.1, 0.15) is 45.6 Å². The van der Waals surface area contributed by atoms with Crippen molar-refractivity contribution in [2.45, 2.75) is 56.9 Å². The van der Waals surface area contributed by atoms with E-state index in [1.54, 1.807) is 12.1 Å². The summed E-state index contributed by atoms with van der Waals surface area (Å²) in [6.45, 7) is 6.68. The van der Waals surface area contributed by atoms with E-state index < -0.39 is 10.0 Å². The lowest BCUT2D eigenvalue weighted by molar-refractivity contribution is 0.0914. The summed E-state index contributed by atoms with van der Waals surface area (Å²) in [6, 6.07) is 7.46. The van der Waals surface area contributed by atoms with E-state index in [4.69, 9.17) is 0 Å². The summed E-state index contributed by atoms with van der Waals surface area (Å²) in [5.74, 6) is 1.48. The largest absolute Gasteiger partial charge is 0.241 e. The normalized spacial score (nSPS) is 34.9. The molecule has 3 atom stereocenters. The second kappa shape index (κ2) is 5.10. The van der Waals surface area contributed by atoms with E-state index >= 15 is 0 Å². The van der Waals surface area contributed by atoms with Gasteiger partial charge in [0.15, 0.2) is 0 Å². The van der Waals surface area contributed by atoms with Crippen molar-refractivity contribution in [1.29, 1.82) is 0 Å². The van der Waals surface area contributed by atoms with Crippen LogP contribution in [-0.2, 0) is 16.4 Å². The van der Waals surface area contributed by atoms with Gasteiger partial charge in [-0.05, 0) is 48.6 Å². The standard InChI is InChI=1S/C17H25NO2S/c1-12(2)15-9-8-13(3)10-17(15)11-14-6-4-5-7-16(14)21(19,20)18-17/h4-7,12-13,15,18H,8-11H2,1-3H3/t13-,15+,17+/m1/s1. The zero-order valence-corrected chi connectivity index (χ0v) is 13.9. The molecule has 116 valence electrons. The van der Waals surface area contributed by atoms with Gasteiger partial charge in [0.25, 0.3) is 0 Å². The zero-order valence-electron chi connectivity index (χ0n) is 13.1. The molecular weight excluding hydrogens is 282 g/mol. The van der Waals surface area contributed by atoms with Crippen LogP contribution in [0.15, 0.2) is 29.2 Å². The predicted molar refractivity (Wildman–Crippen MR) is 84.5 cm³/mol. The molecule has 1 heterocycles. The summed E-state index contributed by atoms with van der Waals surface area (Å²) in [4.78, 5) is 0.469. The lowest BCUT2D eigenvalue weighted by atomic mass is 9.63. The van der Waals surface area contributed by atoms with Crippen LogP contribution in [0, 0.1) is 17.8 Å². The molecule has 1 saturated carbocycles. The molecule has 3 rings (SSSR count). The predicted octanol–water partition coefficient (Wildman–Crippen LogP) is 3.35. The molecule has 4 heteroatoms. The molecule has 1 spiro atoms. The number of fused-ring (bicyclic) bond motifs is 1. The molecule has 0 unspecified atom stereocenters. The third kappa shape index (κ3) is 2.53. The molecule has 0 amide bonds. The minimum Gasteiger partial charge on any atom is -0.207 e. The Morgan fingerprint density at radius 3 is 2.67 bits per heavy atom. The van der Waals surface area contributed by atoms with Crippen molar-refractivity contribution in [3.8, 4) is 0 Å². The molecule has 1 N–H and O–H groups in total. The van der Waals surface area contributed by atoms with Crippen LogP contribution < -0.4 is 4.72 Å². The summed E-state index contributed by atoms with van der Waals surface area (Å²) in [5.41, 5.74) is 0.690. The smallest absolute Gasteiger partial charge is 0.207 e. The Kier molecular flexibility index (Phi) is 3.65. The van der Waals surface area contributed by atoms with Crippen molar-refractivity contribution in [1.82, 2.24) is 4.72 Å². The second-order valence-corrected chi connectivity index (χ2v) is 8.93. The van der Waals surface area contributed by atoms with Crippen molar-refractivity contribution in [3.63, 3.8) is 0 Å². The topological polar surface area (TPSA) is 46.2 Å². The first-order valence-electron chi connectivity index (χ1n) is 7.96. The van der Waals surface area contributed by atoms with Gasteiger partial charge in [-0.25, -0.2) is 13.1 Å². The Labute approximate surface area is 128 Å². The molecule has 1 aliphatic carbocycles. The Morgan fingerprint density at radius 1 is 1.24 bits per heavy atom. The molecule has 0 aromatic heterocycles. The third-order valence-corrected chi connectivity index (χ3v) is 6.96. The molecule has 0 saturated heterocycles. The first-order valence-corrected chi connectivity index (χ1v) is 9.44. The number of sulfonamides is 1. The Hall–Kier alpha value is -0.870. The number of benzene rings is 1. The average Bonchev–Trinajstić information content (AvgIpc) is 2.37. The van der Waals surface area contributed by atoms with E-state index in [0.29, 0.717) is 22.6 Å². The van der Waals surface area contributed by atoms with Gasteiger partial charge >= 0.3 is 0 Å². The van der Waals surface area contributed by atoms with Crippen LogP contribution in [0.25, 0.3) is 0 Å². The van der Waals surface area contributed by atoms with E-state index in [1.165, 1.54) is 6.42 Å². The van der Waals surface area contributed by atoms with E-state index in [2.05, 4.69) is 25.5 Å². The van der Waals surface area contributed by atoms with Gasteiger partial charge in [0, 0.05) is 5.54 Å². The Bertz CT molecular complexity index is 638. The maximum atomic E-state index is 12.7. The molecule has 1 aliphatic heterocycles. The van der Waals surface area contributed by atoms with E-state index in [0.717, 1.165) is 24.8 Å². The number of rotatable bonds is 1. The fraction of sp³-hybridized carbons (Fsp3) is 0.647. The number of hydrogen-bond donors (Lipinski definition) is 1. The minimum atomic E-state index is -3.39. The fourth-order valence-electron chi connectivity index (χ4n) is 4.52. The van der Waals surface area contributed by atoms with Crippen molar-refractivity contribution in [3.05, 3.63) is 29.8 Å². The van der Waals surface area contributed by atoms with Gasteiger partial charge in [-0.3, -0.25) is 0 Å². The summed E-state index contributed by atoms with van der Waals surface area (Å²) in [5, 5.41) is 0. The summed E-state index contributed by atoms with van der Waals surface area (Å²) in [6.07, 6.45) is 4.09. The van der Waals surface area contributed by atoms with Crippen LogP contribution >= 0.6 is 0 Å². The second-order valence-electron chi connectivity index (χ2n) is 7.28. The number of nitrogens with one attached hydrogen (secondary N) is 1. The SMILES string of the molecule is CC(C)[C@@H]1CC[C@@H](C)C[C@]12Cc1ccccc1S(=O)(=O)N2. The van der Waals surface area contributed by atoms with E-state index in [9.17, 15) is 8.42 Å². The lowest BCUT2D eigenvalue weighted by Gasteiger charge is -2.50. The monoisotopic (exact) mass is 307 g/mol. The van der Waals surface area contributed by atoms with Crippen LogP contribution in [0.2, 0.25) is 0 Å². The number of hydrogen-bond acceptors (Lipinski definition) is 2. The molecule has 21 heavy (non-hydrogen) atoms. The van der Waals surface area contributed by atoms with Crippen LogP contribution in [-0.4, -0.2) is 14.0 Å². The highest BCUT2D eigenvalue weighted by molar-refractivity contribution is 7.89. The van der Waals surface area contributed by atoms with Gasteiger partial charge < -0.3 is 0 Å². The van der Waals surface area contributed by atoms with Gasteiger partial charge in [-0.1, -0.05) is 45.4 Å². The highest BCUT2D eigenvalue weighted by Crippen LogP contribution is 2.46. The summed E-state index contributed by atoms with van der Waals surface area (Å²) < 4.78 is 28.5. The summed E-state index contributed by atoms with van der Waals surface area (Å²) >= 11 is 0. The molecule has 1 aromatic rings. The van der Waals surface area contributed by atoms with Crippen molar-refractivity contribution < 1.29 is 8.42 Å². The molecule has 0 radical (unpaired) electrons. The van der Waals surface area contributed by atoms with Gasteiger partial charge in [-0.15, -0.1) is 0 Å². The molecule has 0 bridgehead atoms. The van der Waals surface area contributed by atoms with Crippen molar-refractivity contribution in [2.24, 2.45) is 17.8 Å². The molecule has 1 fully saturated rings. The highest BCUT2D eigenvalue weighted by atomic mass is 32.2. The van der Waals surface area contributed by atoms with E-state index in [-0.39, 0.29) is 5.54 Å². The van der Waals surface area contributed by atoms with Crippen molar-refractivity contribution >= 4 is 10.0 Å². The molecule has 2 aliphatic rings. The van der Waals surface area contributed by atoms with Crippen molar-refractivity contribution in [2.75, 3.05) is 0 Å².